The lowest BCUT2D eigenvalue weighted by molar-refractivity contribution is -0.139. The van der Waals surface area contributed by atoms with E-state index in [-0.39, 0.29) is 12.5 Å². The van der Waals surface area contributed by atoms with E-state index in [9.17, 15) is 18.0 Å². The molecule has 0 saturated carbocycles. The summed E-state index contributed by atoms with van der Waals surface area (Å²) in [6.45, 7) is 7.01. The fourth-order valence-corrected chi connectivity index (χ4v) is 4.54. The normalized spacial score (nSPS) is 12.2. The third-order valence-corrected chi connectivity index (χ3v) is 7.03. The van der Waals surface area contributed by atoms with Crippen molar-refractivity contribution in [1.29, 1.82) is 0 Å². The van der Waals surface area contributed by atoms with Crippen molar-refractivity contribution in [3.05, 3.63) is 63.1 Å². The van der Waals surface area contributed by atoms with Gasteiger partial charge in [0.1, 0.15) is 12.6 Å². The van der Waals surface area contributed by atoms with Gasteiger partial charge >= 0.3 is 0 Å². The first kappa shape index (κ1) is 27.0. The molecule has 0 fully saturated rings. The van der Waals surface area contributed by atoms with Crippen molar-refractivity contribution in [2.45, 2.75) is 40.3 Å². The predicted molar refractivity (Wildman–Crippen MR) is 133 cm³/mol. The molecule has 0 aliphatic rings. The first-order valence-corrected chi connectivity index (χ1v) is 13.0. The number of aryl methyl sites for hydroxylation is 2. The molecule has 0 aromatic heterocycles. The topological polar surface area (TPSA) is 86.8 Å². The highest BCUT2D eigenvalue weighted by Gasteiger charge is 2.30. The molecule has 7 nitrogen and oxygen atoms in total. The average molecular weight is 514 g/mol. The van der Waals surface area contributed by atoms with E-state index in [1.165, 1.54) is 4.90 Å². The molecule has 0 saturated heterocycles. The minimum atomic E-state index is -3.78. The monoisotopic (exact) mass is 513 g/mol. The second-order valence-corrected chi connectivity index (χ2v) is 10.6. The molecule has 33 heavy (non-hydrogen) atoms. The lowest BCUT2D eigenvalue weighted by Crippen LogP contribution is -2.51. The van der Waals surface area contributed by atoms with E-state index < -0.39 is 28.5 Å². The fourth-order valence-electron chi connectivity index (χ4n) is 3.32. The van der Waals surface area contributed by atoms with Crippen molar-refractivity contribution in [3.63, 3.8) is 0 Å². The van der Waals surface area contributed by atoms with Crippen LogP contribution in [0.2, 0.25) is 10.0 Å². The van der Waals surface area contributed by atoms with Gasteiger partial charge in [0, 0.05) is 13.1 Å². The minimum Gasteiger partial charge on any atom is -0.355 e. The number of nitrogens with one attached hydrogen (secondary N) is 1. The summed E-state index contributed by atoms with van der Waals surface area (Å²) in [6, 6.07) is 9.49. The van der Waals surface area contributed by atoms with Crippen LogP contribution in [0.25, 0.3) is 0 Å². The largest absolute Gasteiger partial charge is 0.355 e. The van der Waals surface area contributed by atoms with Gasteiger partial charge in [-0.15, -0.1) is 0 Å². The van der Waals surface area contributed by atoms with Gasteiger partial charge in [-0.1, -0.05) is 41.4 Å². The molecule has 2 aromatic carbocycles. The van der Waals surface area contributed by atoms with Crippen LogP contribution < -0.4 is 9.62 Å². The third kappa shape index (κ3) is 7.09. The first-order valence-electron chi connectivity index (χ1n) is 10.4. The molecule has 0 spiro atoms. The number of amides is 2. The molecule has 1 atom stereocenters. The summed E-state index contributed by atoms with van der Waals surface area (Å²) < 4.78 is 26.4. The van der Waals surface area contributed by atoms with E-state index in [2.05, 4.69) is 5.32 Å². The fraction of sp³-hybridized carbons (Fsp3) is 0.391. The Morgan fingerprint density at radius 1 is 1.06 bits per heavy atom. The molecule has 1 N–H and O–H groups in total. The molecule has 0 aliphatic heterocycles. The molecule has 0 unspecified atom stereocenters. The van der Waals surface area contributed by atoms with Gasteiger partial charge in [0.15, 0.2) is 0 Å². The maximum Gasteiger partial charge on any atom is 0.244 e. The van der Waals surface area contributed by atoms with Crippen LogP contribution in [0, 0.1) is 13.8 Å². The number of likely N-dealkylation sites (N-methyl/N-ethyl adjacent to an activating group) is 1. The third-order valence-electron chi connectivity index (χ3n) is 5.17. The Labute approximate surface area is 205 Å². The second-order valence-electron chi connectivity index (χ2n) is 7.90. The summed E-state index contributed by atoms with van der Waals surface area (Å²) in [5, 5.41) is 3.40. The smallest absolute Gasteiger partial charge is 0.244 e. The molecule has 0 aliphatic carbocycles. The summed E-state index contributed by atoms with van der Waals surface area (Å²) in [7, 11) is -3.78. The van der Waals surface area contributed by atoms with Gasteiger partial charge in [-0.05, 0) is 62.6 Å². The van der Waals surface area contributed by atoms with Gasteiger partial charge in [0.25, 0.3) is 0 Å². The molecule has 10 heteroatoms. The number of rotatable bonds is 9. The summed E-state index contributed by atoms with van der Waals surface area (Å²) in [5.41, 5.74) is 2.66. The molecule has 2 rings (SSSR count). The van der Waals surface area contributed by atoms with Crippen molar-refractivity contribution in [3.8, 4) is 0 Å². The Hall–Kier alpha value is -2.29. The van der Waals surface area contributed by atoms with Gasteiger partial charge in [0.2, 0.25) is 21.8 Å². The quantitative estimate of drug-likeness (QED) is 0.550. The highest BCUT2D eigenvalue weighted by atomic mass is 35.5. The number of anilines is 1. The number of carbonyl (C=O) groups excluding carboxylic acids is 2. The average Bonchev–Trinajstić information content (AvgIpc) is 2.73. The number of nitrogens with zero attached hydrogens (tertiary/aromatic N) is 2. The Morgan fingerprint density at radius 2 is 1.73 bits per heavy atom. The number of sulfonamides is 1. The number of benzene rings is 2. The van der Waals surface area contributed by atoms with Gasteiger partial charge in [-0.2, -0.15) is 0 Å². The zero-order valence-corrected chi connectivity index (χ0v) is 21.7. The Bertz CT molecular complexity index is 1140. The van der Waals surface area contributed by atoms with Crippen LogP contribution in [-0.2, 0) is 26.2 Å². The highest BCUT2D eigenvalue weighted by Crippen LogP contribution is 2.26. The van der Waals surface area contributed by atoms with Gasteiger partial charge < -0.3 is 10.2 Å². The summed E-state index contributed by atoms with van der Waals surface area (Å²) >= 11 is 12.1. The molecule has 2 aromatic rings. The van der Waals surface area contributed by atoms with Gasteiger partial charge in [-0.25, -0.2) is 8.42 Å². The zero-order chi connectivity index (χ0) is 24.9. The van der Waals surface area contributed by atoms with Crippen LogP contribution in [0.15, 0.2) is 36.4 Å². The van der Waals surface area contributed by atoms with Gasteiger partial charge in [-0.3, -0.25) is 13.9 Å². The van der Waals surface area contributed by atoms with E-state index in [1.807, 2.05) is 13.0 Å². The van der Waals surface area contributed by atoms with Crippen molar-refractivity contribution < 1.29 is 18.0 Å². The molecular weight excluding hydrogens is 485 g/mol. The number of hydrogen-bond donors (Lipinski definition) is 1. The molecular formula is C23H29Cl2N3O4S. The van der Waals surface area contributed by atoms with Crippen LogP contribution in [0.5, 0.6) is 0 Å². The van der Waals surface area contributed by atoms with Crippen LogP contribution in [0.1, 0.15) is 30.5 Å². The van der Waals surface area contributed by atoms with Crippen LogP contribution >= 0.6 is 23.2 Å². The van der Waals surface area contributed by atoms with Crippen LogP contribution in [0.3, 0.4) is 0 Å². The Morgan fingerprint density at radius 3 is 2.30 bits per heavy atom. The number of halogens is 2. The Balaban J connectivity index is 2.45. The minimum absolute atomic E-state index is 0.0540. The molecule has 0 radical (unpaired) electrons. The SMILES string of the molecule is CCNC(=O)[C@H](C)N(Cc1ccc(Cl)c(Cl)c1)C(=O)CN(c1cc(C)ccc1C)S(C)(=O)=O. The highest BCUT2D eigenvalue weighted by molar-refractivity contribution is 7.92. The summed E-state index contributed by atoms with van der Waals surface area (Å²) in [5.74, 6) is -0.866. The lowest BCUT2D eigenvalue weighted by atomic mass is 10.1. The summed E-state index contributed by atoms with van der Waals surface area (Å²) in [4.78, 5) is 27.4. The van der Waals surface area contributed by atoms with Crippen molar-refractivity contribution >= 4 is 50.7 Å². The standard InChI is InChI=1S/C23H29Cl2N3O4S/c1-6-26-23(30)17(4)27(13-18-9-10-19(24)20(25)12-18)22(29)14-28(33(5,31)32)21-11-15(2)7-8-16(21)3/h7-12,17H,6,13-14H2,1-5H3,(H,26,30)/t17-/m0/s1. The van der Waals surface area contributed by atoms with E-state index in [0.717, 1.165) is 16.1 Å². The zero-order valence-electron chi connectivity index (χ0n) is 19.4. The molecule has 180 valence electrons. The summed E-state index contributed by atoms with van der Waals surface area (Å²) in [6.07, 6.45) is 1.05. The van der Waals surface area contributed by atoms with E-state index in [4.69, 9.17) is 23.2 Å². The van der Waals surface area contributed by atoms with Gasteiger partial charge in [0.05, 0.1) is 22.0 Å². The molecule has 0 heterocycles. The predicted octanol–water partition coefficient (Wildman–Crippen LogP) is 3.93. The van der Waals surface area contributed by atoms with Crippen molar-refractivity contribution in [2.75, 3.05) is 23.7 Å². The van der Waals surface area contributed by atoms with Crippen molar-refractivity contribution in [1.82, 2.24) is 10.2 Å². The number of hydrogen-bond acceptors (Lipinski definition) is 4. The van der Waals surface area contributed by atoms with Crippen LogP contribution in [-0.4, -0.2) is 50.5 Å². The first-order chi connectivity index (χ1) is 15.3. The van der Waals surface area contributed by atoms with E-state index in [0.29, 0.717) is 33.4 Å². The lowest BCUT2D eigenvalue weighted by Gasteiger charge is -2.32. The molecule has 2 amide bonds. The maximum atomic E-state index is 13.5. The maximum absolute atomic E-state index is 13.5. The number of carbonyl (C=O) groups is 2. The second kappa shape index (κ2) is 11.2. The Kier molecular flexibility index (Phi) is 9.17. The van der Waals surface area contributed by atoms with Crippen LogP contribution in [0.4, 0.5) is 5.69 Å². The van der Waals surface area contributed by atoms with E-state index in [1.54, 1.807) is 51.1 Å². The molecule has 0 bridgehead atoms. The van der Waals surface area contributed by atoms with Crippen molar-refractivity contribution in [2.24, 2.45) is 0 Å². The van der Waals surface area contributed by atoms with E-state index >= 15 is 0 Å².